The summed E-state index contributed by atoms with van der Waals surface area (Å²) in [6, 6.07) is 8.65. The molecule has 2 heterocycles. The monoisotopic (exact) mass is 339 g/mol. The van der Waals surface area contributed by atoms with Crippen molar-refractivity contribution in [3.05, 3.63) is 41.9 Å². The maximum atomic E-state index is 12.5. The van der Waals surface area contributed by atoms with Crippen molar-refractivity contribution >= 4 is 5.78 Å². The Morgan fingerprint density at radius 2 is 2.00 bits per heavy atom. The minimum atomic E-state index is -0.448. The van der Waals surface area contributed by atoms with Crippen molar-refractivity contribution in [2.75, 3.05) is 6.54 Å². The summed E-state index contributed by atoms with van der Waals surface area (Å²) >= 11 is 0. The molecule has 1 aromatic carbocycles. The average Bonchev–Trinajstić information content (AvgIpc) is 3.11. The van der Waals surface area contributed by atoms with Crippen LogP contribution < -0.4 is 0 Å². The first-order valence-electron chi connectivity index (χ1n) is 9.35. The zero-order chi connectivity index (χ0) is 18.0. The van der Waals surface area contributed by atoms with Crippen LogP contribution in [0.5, 0.6) is 0 Å². The first-order valence-corrected chi connectivity index (χ1v) is 9.35. The fourth-order valence-corrected chi connectivity index (χ4v) is 3.86. The van der Waals surface area contributed by atoms with Crippen LogP contribution in [0.1, 0.15) is 63.9 Å². The van der Waals surface area contributed by atoms with E-state index in [2.05, 4.69) is 59.9 Å². The van der Waals surface area contributed by atoms with Gasteiger partial charge in [0.05, 0.1) is 23.5 Å². The number of piperidine rings is 1. The third-order valence-corrected chi connectivity index (χ3v) is 5.50. The van der Waals surface area contributed by atoms with Gasteiger partial charge in [-0.2, -0.15) is 0 Å². The van der Waals surface area contributed by atoms with Gasteiger partial charge in [0.2, 0.25) is 0 Å². The van der Waals surface area contributed by atoms with E-state index in [0.29, 0.717) is 12.2 Å². The van der Waals surface area contributed by atoms with Crippen molar-refractivity contribution in [3.63, 3.8) is 0 Å². The molecule has 1 aliphatic rings. The lowest BCUT2D eigenvalue weighted by atomic mass is 9.88. The van der Waals surface area contributed by atoms with Gasteiger partial charge in [-0.15, -0.1) is 0 Å². The van der Waals surface area contributed by atoms with Gasteiger partial charge in [-0.1, -0.05) is 43.2 Å². The van der Waals surface area contributed by atoms with Crippen LogP contribution in [0.15, 0.2) is 30.5 Å². The molecule has 0 aliphatic carbocycles. The van der Waals surface area contributed by atoms with E-state index in [1.165, 1.54) is 12.0 Å². The third kappa shape index (κ3) is 3.54. The molecule has 134 valence electrons. The molecule has 3 rings (SSSR count). The van der Waals surface area contributed by atoms with Gasteiger partial charge in [0.1, 0.15) is 5.82 Å². The van der Waals surface area contributed by atoms with Crippen molar-refractivity contribution in [2.45, 2.75) is 65.0 Å². The van der Waals surface area contributed by atoms with Crippen LogP contribution in [0, 0.1) is 6.92 Å². The van der Waals surface area contributed by atoms with Crippen LogP contribution in [-0.4, -0.2) is 32.7 Å². The van der Waals surface area contributed by atoms with E-state index < -0.39 is 5.54 Å². The number of rotatable bonds is 5. The standard InChI is InChI=1S/C21H29N3O/c1-5-19(25)21(3,4)24-13-7-6-8-18(24)20-22-14-17(23-20)16-11-9-15(2)10-12-16/h9-12,14,18H,5-8,13H2,1-4H3,(H,22,23). The second-order valence-electron chi connectivity index (χ2n) is 7.59. The first-order chi connectivity index (χ1) is 11.9. The van der Waals surface area contributed by atoms with Gasteiger partial charge < -0.3 is 4.98 Å². The number of carbonyl (C=O) groups is 1. The lowest BCUT2D eigenvalue weighted by molar-refractivity contribution is -0.132. The summed E-state index contributed by atoms with van der Waals surface area (Å²) < 4.78 is 0. The quantitative estimate of drug-likeness (QED) is 0.861. The summed E-state index contributed by atoms with van der Waals surface area (Å²) in [5.41, 5.74) is 2.99. The van der Waals surface area contributed by atoms with E-state index in [1.807, 2.05) is 13.1 Å². The summed E-state index contributed by atoms with van der Waals surface area (Å²) in [6.45, 7) is 9.10. The number of hydrogen-bond acceptors (Lipinski definition) is 3. The van der Waals surface area contributed by atoms with E-state index in [-0.39, 0.29) is 6.04 Å². The van der Waals surface area contributed by atoms with Crippen molar-refractivity contribution in [2.24, 2.45) is 0 Å². The van der Waals surface area contributed by atoms with Crippen LogP contribution in [-0.2, 0) is 4.79 Å². The van der Waals surface area contributed by atoms with Crippen LogP contribution in [0.4, 0.5) is 0 Å². The Bertz CT molecular complexity index is 730. The predicted octanol–water partition coefficient (Wildman–Crippen LogP) is 4.67. The maximum Gasteiger partial charge on any atom is 0.152 e. The second-order valence-corrected chi connectivity index (χ2v) is 7.59. The Morgan fingerprint density at radius 3 is 2.68 bits per heavy atom. The minimum Gasteiger partial charge on any atom is -0.341 e. The molecule has 2 aromatic rings. The smallest absolute Gasteiger partial charge is 0.152 e. The highest BCUT2D eigenvalue weighted by Gasteiger charge is 2.40. The van der Waals surface area contributed by atoms with E-state index in [9.17, 15) is 4.79 Å². The van der Waals surface area contributed by atoms with Gasteiger partial charge in [-0.3, -0.25) is 9.69 Å². The van der Waals surface area contributed by atoms with E-state index in [1.54, 1.807) is 0 Å². The Morgan fingerprint density at radius 1 is 1.28 bits per heavy atom. The third-order valence-electron chi connectivity index (χ3n) is 5.50. The van der Waals surface area contributed by atoms with E-state index >= 15 is 0 Å². The number of carbonyl (C=O) groups excluding carboxylic acids is 1. The number of imidazole rings is 1. The molecule has 1 N–H and O–H groups in total. The Kier molecular flexibility index (Phi) is 5.09. The summed E-state index contributed by atoms with van der Waals surface area (Å²) in [5, 5.41) is 0. The Hall–Kier alpha value is -1.94. The highest BCUT2D eigenvalue weighted by molar-refractivity contribution is 5.87. The molecule has 1 saturated heterocycles. The largest absolute Gasteiger partial charge is 0.341 e. The normalized spacial score (nSPS) is 19.1. The number of nitrogens with zero attached hydrogens (tertiary/aromatic N) is 2. The molecular formula is C21H29N3O. The number of Topliss-reactive ketones (excluding diaryl/α,β-unsaturated/α-hetero) is 1. The Balaban J connectivity index is 1.88. The van der Waals surface area contributed by atoms with Gasteiger partial charge in [0.25, 0.3) is 0 Å². The average molecular weight is 339 g/mol. The molecule has 1 aromatic heterocycles. The summed E-state index contributed by atoms with van der Waals surface area (Å²) in [6.07, 6.45) is 5.85. The van der Waals surface area contributed by atoms with Crippen LogP contribution in [0.3, 0.4) is 0 Å². The van der Waals surface area contributed by atoms with Crippen molar-refractivity contribution < 1.29 is 4.79 Å². The second kappa shape index (κ2) is 7.12. The molecule has 1 atom stereocenters. The molecular weight excluding hydrogens is 310 g/mol. The van der Waals surface area contributed by atoms with Crippen molar-refractivity contribution in [3.8, 4) is 11.3 Å². The number of benzene rings is 1. The van der Waals surface area contributed by atoms with E-state index in [0.717, 1.165) is 36.5 Å². The summed E-state index contributed by atoms with van der Waals surface area (Å²) in [7, 11) is 0. The molecule has 0 amide bonds. The fraction of sp³-hybridized carbons (Fsp3) is 0.524. The van der Waals surface area contributed by atoms with E-state index in [4.69, 9.17) is 0 Å². The van der Waals surface area contributed by atoms with Crippen LogP contribution in [0.2, 0.25) is 0 Å². The van der Waals surface area contributed by atoms with Gasteiger partial charge in [-0.05, 0) is 45.7 Å². The zero-order valence-corrected chi connectivity index (χ0v) is 15.8. The van der Waals surface area contributed by atoms with Gasteiger partial charge in [0.15, 0.2) is 5.78 Å². The number of aromatic amines is 1. The van der Waals surface area contributed by atoms with Crippen molar-refractivity contribution in [1.82, 2.24) is 14.9 Å². The Labute approximate surface area is 150 Å². The maximum absolute atomic E-state index is 12.5. The molecule has 25 heavy (non-hydrogen) atoms. The molecule has 0 saturated carbocycles. The molecule has 1 fully saturated rings. The number of H-pyrrole nitrogens is 1. The molecule has 4 nitrogen and oxygen atoms in total. The van der Waals surface area contributed by atoms with Crippen molar-refractivity contribution in [1.29, 1.82) is 0 Å². The molecule has 1 aliphatic heterocycles. The molecule has 0 bridgehead atoms. The first kappa shape index (κ1) is 17.9. The van der Waals surface area contributed by atoms with Crippen LogP contribution >= 0.6 is 0 Å². The number of aryl methyl sites for hydroxylation is 1. The fourth-order valence-electron chi connectivity index (χ4n) is 3.86. The predicted molar refractivity (Wildman–Crippen MR) is 101 cm³/mol. The lowest BCUT2D eigenvalue weighted by Gasteiger charge is -2.44. The topological polar surface area (TPSA) is 49.0 Å². The van der Waals surface area contributed by atoms with Gasteiger partial charge in [-0.25, -0.2) is 4.98 Å². The minimum absolute atomic E-state index is 0.179. The lowest BCUT2D eigenvalue weighted by Crippen LogP contribution is -2.53. The number of nitrogens with one attached hydrogen (secondary N) is 1. The van der Waals surface area contributed by atoms with Gasteiger partial charge in [0, 0.05) is 6.42 Å². The summed E-state index contributed by atoms with van der Waals surface area (Å²) in [4.78, 5) is 23.0. The molecule has 1 unspecified atom stereocenters. The molecule has 4 heteroatoms. The van der Waals surface area contributed by atoms with Gasteiger partial charge >= 0.3 is 0 Å². The zero-order valence-electron chi connectivity index (χ0n) is 15.8. The number of ketones is 1. The molecule has 0 radical (unpaired) electrons. The van der Waals surface area contributed by atoms with Crippen LogP contribution in [0.25, 0.3) is 11.3 Å². The summed E-state index contributed by atoms with van der Waals surface area (Å²) in [5.74, 6) is 1.27. The SMILES string of the molecule is CCC(=O)C(C)(C)N1CCCCC1c1ncc(-c2ccc(C)cc2)[nH]1. The number of likely N-dealkylation sites (tertiary alicyclic amines) is 1. The highest BCUT2D eigenvalue weighted by Crippen LogP contribution is 2.36. The number of aromatic nitrogens is 2. The highest BCUT2D eigenvalue weighted by atomic mass is 16.1. The number of hydrogen-bond donors (Lipinski definition) is 1. The molecule has 0 spiro atoms.